The largest absolute Gasteiger partial charge is 0.336 e. The Morgan fingerprint density at radius 3 is 2.16 bits per heavy atom. The van der Waals surface area contributed by atoms with Crippen molar-refractivity contribution < 1.29 is 13.2 Å². The van der Waals surface area contributed by atoms with Gasteiger partial charge in [-0.15, -0.1) is 0 Å². The quantitative estimate of drug-likeness (QED) is 0.594. The van der Waals surface area contributed by atoms with Crippen LogP contribution in [0, 0.1) is 6.92 Å². The maximum Gasteiger partial charge on any atom is 0.281 e. The Hall–Kier alpha value is -3.01. The number of carbonyl (C=O) groups is 1. The van der Waals surface area contributed by atoms with Crippen molar-refractivity contribution in [2.24, 2.45) is 0 Å². The van der Waals surface area contributed by atoms with Crippen LogP contribution in [0.4, 0.5) is 0 Å². The Balaban J connectivity index is 1.64. The fraction of sp³-hybridized carbons (Fsp3) is 0.304. The van der Waals surface area contributed by atoms with E-state index in [1.165, 1.54) is 22.7 Å². The summed E-state index contributed by atoms with van der Waals surface area (Å²) in [4.78, 5) is 15.2. The van der Waals surface area contributed by atoms with Crippen molar-refractivity contribution in [1.82, 2.24) is 23.3 Å². The van der Waals surface area contributed by atoms with Gasteiger partial charge >= 0.3 is 0 Å². The molecule has 1 aliphatic heterocycles. The molecule has 0 N–H and O–H groups in total. The Kier molecular flexibility index (Phi) is 6.14. The van der Waals surface area contributed by atoms with Crippen LogP contribution in [0.25, 0.3) is 16.9 Å². The third-order valence-electron chi connectivity index (χ3n) is 5.60. The number of benzene rings is 2. The van der Waals surface area contributed by atoms with E-state index in [2.05, 4.69) is 0 Å². The molecule has 2 heterocycles. The fourth-order valence-electron chi connectivity index (χ4n) is 3.69. The minimum atomic E-state index is -3.49. The van der Waals surface area contributed by atoms with Gasteiger partial charge < -0.3 is 4.90 Å². The highest BCUT2D eigenvalue weighted by atomic mass is 32.2. The molecule has 0 radical (unpaired) electrons. The van der Waals surface area contributed by atoms with E-state index < -0.39 is 10.2 Å². The zero-order valence-corrected chi connectivity index (χ0v) is 19.3. The van der Waals surface area contributed by atoms with Gasteiger partial charge in [0.15, 0.2) is 0 Å². The highest BCUT2D eigenvalue weighted by molar-refractivity contribution is 7.86. The monoisotopic (exact) mass is 453 g/mol. The second-order valence-electron chi connectivity index (χ2n) is 8.02. The first kappa shape index (κ1) is 22.2. The lowest BCUT2D eigenvalue weighted by atomic mass is 10.1. The number of aromatic nitrogens is 2. The lowest BCUT2D eigenvalue weighted by Crippen LogP contribution is -2.53. The number of hydrogen-bond acceptors (Lipinski definition) is 4. The molecule has 0 bridgehead atoms. The molecule has 1 fully saturated rings. The Morgan fingerprint density at radius 2 is 1.56 bits per heavy atom. The van der Waals surface area contributed by atoms with E-state index in [1.54, 1.807) is 15.8 Å². The van der Waals surface area contributed by atoms with Gasteiger partial charge in [0.05, 0.1) is 11.3 Å². The Morgan fingerprint density at radius 1 is 0.938 bits per heavy atom. The molecule has 9 heteroatoms. The van der Waals surface area contributed by atoms with Crippen molar-refractivity contribution in [3.63, 3.8) is 0 Å². The van der Waals surface area contributed by atoms with Crippen LogP contribution in [0.3, 0.4) is 0 Å². The van der Waals surface area contributed by atoms with Gasteiger partial charge in [0.1, 0.15) is 5.69 Å². The molecule has 1 amide bonds. The van der Waals surface area contributed by atoms with Crippen molar-refractivity contribution in [3.8, 4) is 16.9 Å². The molecule has 0 aliphatic carbocycles. The van der Waals surface area contributed by atoms with Gasteiger partial charge in [-0.25, -0.2) is 4.68 Å². The molecule has 8 nitrogen and oxygen atoms in total. The van der Waals surface area contributed by atoms with E-state index in [0.29, 0.717) is 24.3 Å². The zero-order chi connectivity index (χ0) is 22.9. The number of piperazine rings is 1. The second-order valence-corrected chi connectivity index (χ2v) is 10.2. The SMILES string of the molecule is Cc1ccc(-n2cc(C(=O)N3CCN(S(=O)(=O)N(C)C)CC3)c(-c3ccccc3)n2)cc1. The van der Waals surface area contributed by atoms with E-state index >= 15 is 0 Å². The minimum Gasteiger partial charge on any atom is -0.336 e. The first-order chi connectivity index (χ1) is 15.3. The predicted molar refractivity (Wildman–Crippen MR) is 124 cm³/mol. The van der Waals surface area contributed by atoms with E-state index in [-0.39, 0.29) is 19.0 Å². The minimum absolute atomic E-state index is 0.149. The number of hydrogen-bond donors (Lipinski definition) is 0. The topological polar surface area (TPSA) is 78.8 Å². The highest BCUT2D eigenvalue weighted by Crippen LogP contribution is 2.25. The van der Waals surface area contributed by atoms with Gasteiger partial charge in [-0.2, -0.15) is 22.1 Å². The summed E-state index contributed by atoms with van der Waals surface area (Å²) in [6.45, 7) is 3.21. The summed E-state index contributed by atoms with van der Waals surface area (Å²) in [5.41, 5.74) is 3.98. The fourth-order valence-corrected chi connectivity index (χ4v) is 4.78. The molecule has 4 rings (SSSR count). The molecular formula is C23H27N5O3S. The van der Waals surface area contributed by atoms with Crippen LogP contribution in [-0.2, 0) is 10.2 Å². The summed E-state index contributed by atoms with van der Waals surface area (Å²) in [6, 6.07) is 17.6. The van der Waals surface area contributed by atoms with Crippen molar-refractivity contribution in [2.45, 2.75) is 6.92 Å². The van der Waals surface area contributed by atoms with Crippen LogP contribution in [-0.4, -0.2) is 77.9 Å². The van der Waals surface area contributed by atoms with Crippen LogP contribution >= 0.6 is 0 Å². The summed E-state index contributed by atoms with van der Waals surface area (Å²) < 4.78 is 29.1. The average molecular weight is 454 g/mol. The normalized spacial score (nSPS) is 15.3. The molecule has 1 aliphatic rings. The van der Waals surface area contributed by atoms with Gasteiger partial charge in [-0.3, -0.25) is 4.79 Å². The van der Waals surface area contributed by atoms with Crippen LogP contribution in [0.1, 0.15) is 15.9 Å². The predicted octanol–water partition coefficient (Wildman–Crippen LogP) is 2.41. The number of nitrogens with zero attached hydrogens (tertiary/aromatic N) is 5. The van der Waals surface area contributed by atoms with Crippen molar-refractivity contribution in [1.29, 1.82) is 0 Å². The van der Waals surface area contributed by atoms with Crippen LogP contribution in [0.5, 0.6) is 0 Å². The molecular weight excluding hydrogens is 426 g/mol. The van der Waals surface area contributed by atoms with Gasteiger partial charge in [0.25, 0.3) is 16.1 Å². The van der Waals surface area contributed by atoms with Crippen molar-refractivity contribution in [3.05, 3.63) is 71.9 Å². The van der Waals surface area contributed by atoms with E-state index in [9.17, 15) is 13.2 Å². The summed E-state index contributed by atoms with van der Waals surface area (Å²) in [5.74, 6) is -0.149. The molecule has 3 aromatic rings. The summed E-state index contributed by atoms with van der Waals surface area (Å²) >= 11 is 0. The average Bonchev–Trinajstić information content (AvgIpc) is 3.25. The molecule has 2 aromatic carbocycles. The molecule has 0 unspecified atom stereocenters. The Bertz CT molecular complexity index is 1200. The van der Waals surface area contributed by atoms with E-state index in [4.69, 9.17) is 5.10 Å². The van der Waals surface area contributed by atoms with E-state index in [0.717, 1.165) is 16.8 Å². The lowest BCUT2D eigenvalue weighted by Gasteiger charge is -2.35. The number of amides is 1. The zero-order valence-electron chi connectivity index (χ0n) is 18.5. The molecule has 1 saturated heterocycles. The summed E-state index contributed by atoms with van der Waals surface area (Å²) in [6.07, 6.45) is 1.76. The highest BCUT2D eigenvalue weighted by Gasteiger charge is 2.32. The summed E-state index contributed by atoms with van der Waals surface area (Å²) in [5, 5.41) is 4.73. The second kappa shape index (κ2) is 8.85. The standard InChI is InChI=1S/C23H27N5O3S/c1-18-9-11-20(12-10-18)28-17-21(22(24-28)19-7-5-4-6-8-19)23(29)26-13-15-27(16-14-26)32(30,31)25(2)3/h4-12,17H,13-16H2,1-3H3. The first-order valence-corrected chi connectivity index (χ1v) is 11.9. The van der Waals surface area contributed by atoms with Gasteiger partial charge in [-0.05, 0) is 19.1 Å². The molecule has 0 spiro atoms. The molecule has 0 atom stereocenters. The number of carbonyl (C=O) groups excluding carboxylic acids is 1. The smallest absolute Gasteiger partial charge is 0.281 e. The lowest BCUT2D eigenvalue weighted by molar-refractivity contribution is 0.0696. The summed E-state index contributed by atoms with van der Waals surface area (Å²) in [7, 11) is -0.463. The van der Waals surface area contributed by atoms with Gasteiger partial charge in [-0.1, -0.05) is 48.0 Å². The van der Waals surface area contributed by atoms with Crippen LogP contribution < -0.4 is 0 Å². The molecule has 0 saturated carbocycles. The molecule has 1 aromatic heterocycles. The maximum absolute atomic E-state index is 13.5. The van der Waals surface area contributed by atoms with E-state index in [1.807, 2.05) is 61.5 Å². The third-order valence-corrected chi connectivity index (χ3v) is 7.54. The van der Waals surface area contributed by atoms with Crippen molar-refractivity contribution >= 4 is 16.1 Å². The van der Waals surface area contributed by atoms with Crippen molar-refractivity contribution in [2.75, 3.05) is 40.3 Å². The Labute approximate surface area is 188 Å². The first-order valence-electron chi connectivity index (χ1n) is 10.5. The third kappa shape index (κ3) is 4.32. The van der Waals surface area contributed by atoms with Gasteiger partial charge in [0.2, 0.25) is 0 Å². The van der Waals surface area contributed by atoms with Gasteiger partial charge in [0, 0.05) is 52.0 Å². The van der Waals surface area contributed by atoms with Crippen LogP contribution in [0.2, 0.25) is 0 Å². The number of rotatable bonds is 5. The maximum atomic E-state index is 13.5. The molecule has 32 heavy (non-hydrogen) atoms. The number of aryl methyl sites for hydroxylation is 1. The molecule has 168 valence electrons. The van der Waals surface area contributed by atoms with Crippen LogP contribution in [0.15, 0.2) is 60.8 Å².